The quantitative estimate of drug-likeness (QED) is 0.539. The first-order chi connectivity index (χ1) is 6.34. The Balaban J connectivity index is 2.31. The van der Waals surface area contributed by atoms with Crippen LogP contribution in [0.4, 0.5) is 0 Å². The summed E-state index contributed by atoms with van der Waals surface area (Å²) in [6.45, 7) is 2.04. The number of nitriles is 1. The van der Waals surface area contributed by atoms with E-state index in [0.717, 1.165) is 13.0 Å². The molecule has 2 N–H and O–H groups in total. The highest BCUT2D eigenvalue weighted by Crippen LogP contribution is 1.97. The SMILES string of the molecule is N#CCNC(=O)[C@@H]1CNCCCO1. The molecule has 5 heteroatoms. The van der Waals surface area contributed by atoms with E-state index in [1.165, 1.54) is 0 Å². The van der Waals surface area contributed by atoms with Gasteiger partial charge in [0.2, 0.25) is 0 Å². The lowest BCUT2D eigenvalue weighted by Crippen LogP contribution is -2.41. The van der Waals surface area contributed by atoms with Gasteiger partial charge in [-0.3, -0.25) is 4.79 Å². The zero-order valence-corrected chi connectivity index (χ0v) is 7.38. The maximum Gasteiger partial charge on any atom is 0.251 e. The van der Waals surface area contributed by atoms with E-state index >= 15 is 0 Å². The second-order valence-electron chi connectivity index (χ2n) is 2.79. The minimum atomic E-state index is -0.448. The summed E-state index contributed by atoms with van der Waals surface area (Å²) in [7, 11) is 0. The maximum atomic E-state index is 11.3. The molecule has 1 aliphatic rings. The summed E-state index contributed by atoms with van der Waals surface area (Å²) in [5, 5.41) is 13.8. The standard InChI is InChI=1S/C8H13N3O2/c9-2-4-11-8(12)7-6-10-3-1-5-13-7/h7,10H,1,3-6H2,(H,11,12)/t7-/m0/s1. The van der Waals surface area contributed by atoms with Crippen molar-refractivity contribution in [2.45, 2.75) is 12.5 Å². The van der Waals surface area contributed by atoms with Crippen LogP contribution in [0.5, 0.6) is 0 Å². The van der Waals surface area contributed by atoms with E-state index in [-0.39, 0.29) is 12.5 Å². The van der Waals surface area contributed by atoms with Crippen LogP contribution in [0.2, 0.25) is 0 Å². The number of amides is 1. The topological polar surface area (TPSA) is 74.2 Å². The largest absolute Gasteiger partial charge is 0.367 e. The smallest absolute Gasteiger partial charge is 0.251 e. The number of carbonyl (C=O) groups excluding carboxylic acids is 1. The van der Waals surface area contributed by atoms with Crippen LogP contribution in [-0.2, 0) is 9.53 Å². The Hall–Kier alpha value is -1.12. The van der Waals surface area contributed by atoms with Gasteiger partial charge >= 0.3 is 0 Å². The van der Waals surface area contributed by atoms with Gasteiger partial charge in [-0.15, -0.1) is 0 Å². The first-order valence-electron chi connectivity index (χ1n) is 4.31. The van der Waals surface area contributed by atoms with Crippen LogP contribution in [0.25, 0.3) is 0 Å². The van der Waals surface area contributed by atoms with Gasteiger partial charge in [0.1, 0.15) is 12.6 Å². The average Bonchev–Trinajstić information content (AvgIpc) is 2.42. The number of carbonyl (C=O) groups is 1. The summed E-state index contributed by atoms with van der Waals surface area (Å²) in [5.41, 5.74) is 0. The van der Waals surface area contributed by atoms with Crippen molar-refractivity contribution in [2.24, 2.45) is 0 Å². The molecule has 1 heterocycles. The third kappa shape index (κ3) is 3.40. The summed E-state index contributed by atoms with van der Waals surface area (Å²) in [4.78, 5) is 11.3. The number of ether oxygens (including phenoxy) is 1. The second kappa shape index (κ2) is 5.51. The van der Waals surface area contributed by atoms with Crippen LogP contribution >= 0.6 is 0 Å². The van der Waals surface area contributed by atoms with Gasteiger partial charge < -0.3 is 15.4 Å². The van der Waals surface area contributed by atoms with Gasteiger partial charge in [0.05, 0.1) is 6.07 Å². The van der Waals surface area contributed by atoms with Crippen LogP contribution in [0.1, 0.15) is 6.42 Å². The highest BCUT2D eigenvalue weighted by molar-refractivity contribution is 5.81. The van der Waals surface area contributed by atoms with Gasteiger partial charge in [-0.1, -0.05) is 0 Å². The van der Waals surface area contributed by atoms with E-state index in [9.17, 15) is 4.79 Å². The van der Waals surface area contributed by atoms with E-state index in [0.29, 0.717) is 13.2 Å². The first kappa shape index (κ1) is 9.96. The van der Waals surface area contributed by atoms with E-state index < -0.39 is 6.10 Å². The molecule has 0 aromatic rings. The second-order valence-corrected chi connectivity index (χ2v) is 2.79. The van der Waals surface area contributed by atoms with Gasteiger partial charge in [0.15, 0.2) is 0 Å². The van der Waals surface area contributed by atoms with Gasteiger partial charge in [0, 0.05) is 13.2 Å². The third-order valence-electron chi connectivity index (χ3n) is 1.78. The molecule has 0 aromatic heterocycles. The van der Waals surface area contributed by atoms with E-state index in [4.69, 9.17) is 10.00 Å². The van der Waals surface area contributed by atoms with Crippen molar-refractivity contribution in [1.82, 2.24) is 10.6 Å². The number of rotatable bonds is 2. The lowest BCUT2D eigenvalue weighted by molar-refractivity contribution is -0.131. The number of hydrogen-bond donors (Lipinski definition) is 2. The lowest BCUT2D eigenvalue weighted by Gasteiger charge is -2.12. The Bertz CT molecular complexity index is 204. The molecule has 0 radical (unpaired) electrons. The highest BCUT2D eigenvalue weighted by atomic mass is 16.5. The van der Waals surface area contributed by atoms with Gasteiger partial charge in [-0.2, -0.15) is 5.26 Å². The van der Waals surface area contributed by atoms with Gasteiger partial charge in [0.25, 0.3) is 5.91 Å². The molecule has 0 unspecified atom stereocenters. The first-order valence-corrected chi connectivity index (χ1v) is 4.31. The summed E-state index contributed by atoms with van der Waals surface area (Å²) in [5.74, 6) is -0.212. The summed E-state index contributed by atoms with van der Waals surface area (Å²) >= 11 is 0. The molecule has 1 saturated heterocycles. The highest BCUT2D eigenvalue weighted by Gasteiger charge is 2.19. The number of nitrogens with one attached hydrogen (secondary N) is 2. The fourth-order valence-electron chi connectivity index (χ4n) is 1.12. The van der Waals surface area contributed by atoms with Gasteiger partial charge in [-0.05, 0) is 13.0 Å². The van der Waals surface area contributed by atoms with Crippen molar-refractivity contribution < 1.29 is 9.53 Å². The Kier molecular flexibility index (Phi) is 4.23. The summed E-state index contributed by atoms with van der Waals surface area (Å²) in [6, 6.07) is 1.85. The summed E-state index contributed by atoms with van der Waals surface area (Å²) in [6.07, 6.45) is 0.470. The van der Waals surface area contributed by atoms with Crippen molar-refractivity contribution in [2.75, 3.05) is 26.2 Å². The normalized spacial score (nSPS) is 22.8. The Morgan fingerprint density at radius 2 is 2.62 bits per heavy atom. The molecule has 1 atom stereocenters. The fourth-order valence-corrected chi connectivity index (χ4v) is 1.12. The maximum absolute atomic E-state index is 11.3. The van der Waals surface area contributed by atoms with Crippen molar-refractivity contribution >= 4 is 5.91 Å². The molecule has 0 aromatic carbocycles. The monoisotopic (exact) mass is 183 g/mol. The fraction of sp³-hybridized carbons (Fsp3) is 0.750. The minimum absolute atomic E-state index is 0.0404. The molecule has 5 nitrogen and oxygen atoms in total. The zero-order valence-electron chi connectivity index (χ0n) is 7.38. The van der Waals surface area contributed by atoms with E-state index in [2.05, 4.69) is 10.6 Å². The van der Waals surface area contributed by atoms with Crippen LogP contribution in [0.3, 0.4) is 0 Å². The molecular weight excluding hydrogens is 170 g/mol. The third-order valence-corrected chi connectivity index (χ3v) is 1.78. The predicted molar refractivity (Wildman–Crippen MR) is 45.8 cm³/mol. The van der Waals surface area contributed by atoms with Crippen molar-refractivity contribution in [3.63, 3.8) is 0 Å². The molecular formula is C8H13N3O2. The predicted octanol–water partition coefficient (Wildman–Crippen LogP) is -0.995. The molecule has 1 fully saturated rings. The number of nitrogens with zero attached hydrogens (tertiary/aromatic N) is 1. The van der Waals surface area contributed by atoms with Gasteiger partial charge in [-0.25, -0.2) is 0 Å². The van der Waals surface area contributed by atoms with Crippen LogP contribution in [0, 0.1) is 11.3 Å². The van der Waals surface area contributed by atoms with Crippen LogP contribution < -0.4 is 10.6 Å². The number of hydrogen-bond acceptors (Lipinski definition) is 4. The molecule has 1 amide bonds. The lowest BCUT2D eigenvalue weighted by atomic mass is 10.3. The Labute approximate surface area is 77.1 Å². The van der Waals surface area contributed by atoms with E-state index in [1.54, 1.807) is 0 Å². The molecule has 1 aliphatic heterocycles. The minimum Gasteiger partial charge on any atom is -0.367 e. The summed E-state index contributed by atoms with van der Waals surface area (Å²) < 4.78 is 5.28. The van der Waals surface area contributed by atoms with Crippen molar-refractivity contribution in [3.8, 4) is 6.07 Å². The molecule has 0 bridgehead atoms. The molecule has 0 spiro atoms. The molecule has 1 rings (SSSR count). The Morgan fingerprint density at radius 1 is 1.77 bits per heavy atom. The van der Waals surface area contributed by atoms with Crippen LogP contribution in [0.15, 0.2) is 0 Å². The Morgan fingerprint density at radius 3 is 3.38 bits per heavy atom. The zero-order chi connectivity index (χ0) is 9.52. The van der Waals surface area contributed by atoms with Crippen molar-refractivity contribution in [1.29, 1.82) is 5.26 Å². The molecule has 0 aliphatic carbocycles. The molecule has 72 valence electrons. The molecule has 0 saturated carbocycles. The average molecular weight is 183 g/mol. The molecule has 13 heavy (non-hydrogen) atoms. The van der Waals surface area contributed by atoms with Crippen LogP contribution in [-0.4, -0.2) is 38.3 Å². The van der Waals surface area contributed by atoms with E-state index in [1.807, 2.05) is 6.07 Å². The van der Waals surface area contributed by atoms with Crippen molar-refractivity contribution in [3.05, 3.63) is 0 Å².